The Morgan fingerprint density at radius 2 is 1.60 bits per heavy atom. The third kappa shape index (κ3) is 4.50. The molecule has 1 N–H and O–H groups in total. The molecule has 2 aliphatic heterocycles. The number of halogens is 9. The number of alkyl halides is 2. The van der Waals surface area contributed by atoms with Crippen LogP contribution in [-0.2, 0) is 25.7 Å². The summed E-state index contributed by atoms with van der Waals surface area (Å²) < 4.78 is 78.9. The van der Waals surface area contributed by atoms with Crippen molar-refractivity contribution >= 4 is 95.7 Å². The van der Waals surface area contributed by atoms with Gasteiger partial charge in [-0.05, 0) is 73.7 Å². The molecule has 1 saturated carbocycles. The molecule has 2 aromatic carbocycles. The summed E-state index contributed by atoms with van der Waals surface area (Å²) in [6, 6.07) is 4.75. The van der Waals surface area contributed by atoms with Crippen molar-refractivity contribution < 1.29 is 51.0 Å². The number of benzene rings is 2. The normalized spacial score (nSPS) is 29.0. The van der Waals surface area contributed by atoms with Crippen LogP contribution in [0.15, 0.2) is 44.2 Å². The fraction of sp³-hybridized carbons (Fsp3) is 0.312. The minimum absolute atomic E-state index is 0.00802. The Labute approximate surface area is 310 Å². The number of nitrogens with zero attached hydrogens (tertiary/aromatic N) is 2. The summed E-state index contributed by atoms with van der Waals surface area (Å²) in [6.07, 6.45) is 0.922. The summed E-state index contributed by atoms with van der Waals surface area (Å²) in [4.78, 5) is 52.7. The van der Waals surface area contributed by atoms with Gasteiger partial charge >= 0.3 is 0 Å². The van der Waals surface area contributed by atoms with E-state index < -0.39 is 104 Å². The van der Waals surface area contributed by atoms with Crippen LogP contribution in [0.5, 0.6) is 11.5 Å². The molecular weight excluding hydrogens is 866 g/mol. The molecule has 0 bridgehead atoms. The zero-order valence-corrected chi connectivity index (χ0v) is 30.5. The summed E-state index contributed by atoms with van der Waals surface area (Å²) in [7, 11) is 1.22. The number of imide groups is 2. The number of phenols is 1. The molecule has 50 heavy (non-hydrogen) atoms. The lowest BCUT2D eigenvalue weighted by Crippen LogP contribution is -2.60. The van der Waals surface area contributed by atoms with Crippen LogP contribution in [-0.4, -0.2) is 50.5 Å². The Morgan fingerprint density at radius 3 is 2.20 bits per heavy atom. The zero-order chi connectivity index (χ0) is 36.4. The average molecular weight is 885 g/mol. The topological polar surface area (TPSA) is 104 Å². The molecule has 1 aromatic heterocycles. The maximum absolute atomic E-state index is 15.3. The van der Waals surface area contributed by atoms with E-state index >= 15 is 8.78 Å². The Morgan fingerprint density at radius 1 is 0.960 bits per heavy atom. The van der Waals surface area contributed by atoms with Crippen molar-refractivity contribution in [3.05, 3.63) is 83.7 Å². The van der Waals surface area contributed by atoms with Crippen molar-refractivity contribution in [2.45, 2.75) is 35.1 Å². The van der Waals surface area contributed by atoms with Crippen LogP contribution in [0.4, 0.5) is 27.6 Å². The van der Waals surface area contributed by atoms with E-state index in [0.29, 0.717) is 4.88 Å². The predicted octanol–water partition coefficient (Wildman–Crippen LogP) is 7.45. The highest BCUT2D eigenvalue weighted by atomic mass is 79.9. The van der Waals surface area contributed by atoms with Gasteiger partial charge in [0, 0.05) is 15.3 Å². The van der Waals surface area contributed by atoms with Crippen molar-refractivity contribution in [1.82, 2.24) is 4.90 Å². The molecule has 3 aromatic rings. The number of fused-ring (bicyclic) bond motifs is 4. The first-order valence-electron chi connectivity index (χ1n) is 14.6. The van der Waals surface area contributed by atoms with E-state index in [9.17, 15) is 37.5 Å². The lowest BCUT2D eigenvalue weighted by Gasteiger charge is -2.51. The molecule has 6 atom stereocenters. The second-order valence-corrected chi connectivity index (χ2v) is 16.0. The molecule has 7 rings (SSSR count). The third-order valence-corrected chi connectivity index (χ3v) is 14.3. The van der Waals surface area contributed by atoms with Gasteiger partial charge in [-0.1, -0.05) is 17.7 Å². The summed E-state index contributed by atoms with van der Waals surface area (Å²) in [5, 5.41) is 12.5. The summed E-state index contributed by atoms with van der Waals surface area (Å²) >= 11 is 22.3. The number of anilines is 1. The molecule has 8 nitrogen and oxygen atoms in total. The van der Waals surface area contributed by atoms with Gasteiger partial charge in [0.25, 0.3) is 11.8 Å². The SMILES string of the molecule is COc1cc([C@H]2C3=CC[C@@H]4C(=O)N(Cc5cccs5)C(=O)[C@@H]4[C@@H]3C[C@@]3(Cl)C(=O)N(c4c(F)c(F)c(F)c(F)c4F)C(=O)[C@@]23Cl)c(Br)c(Br)c1O. The lowest BCUT2D eigenvalue weighted by molar-refractivity contribution is -0.141. The molecular formula is C32H19Br2Cl2F5N2O6S. The fourth-order valence-electron chi connectivity index (χ4n) is 7.67. The van der Waals surface area contributed by atoms with Crippen LogP contribution in [0.2, 0.25) is 0 Å². The van der Waals surface area contributed by atoms with E-state index in [1.165, 1.54) is 24.5 Å². The second-order valence-electron chi connectivity index (χ2n) is 12.2. The Hall–Kier alpha value is -3.05. The van der Waals surface area contributed by atoms with Gasteiger partial charge in [-0.25, -0.2) is 26.9 Å². The highest BCUT2D eigenvalue weighted by molar-refractivity contribution is 9.13. The average Bonchev–Trinajstić information content (AvgIpc) is 3.74. The second kappa shape index (κ2) is 12.0. The number of allylic oxidation sites excluding steroid dienone is 2. The maximum atomic E-state index is 15.3. The van der Waals surface area contributed by atoms with Crippen molar-refractivity contribution in [1.29, 1.82) is 0 Å². The number of hydrogen-bond acceptors (Lipinski definition) is 7. The maximum Gasteiger partial charge on any atom is 0.258 e. The number of thiophene rings is 1. The fourth-order valence-corrected chi connectivity index (χ4v) is 10.2. The van der Waals surface area contributed by atoms with E-state index in [2.05, 4.69) is 31.9 Å². The van der Waals surface area contributed by atoms with Crippen LogP contribution in [0, 0.1) is 46.8 Å². The van der Waals surface area contributed by atoms with Gasteiger partial charge in [0.05, 0.1) is 30.0 Å². The van der Waals surface area contributed by atoms with Crippen molar-refractivity contribution in [3.63, 3.8) is 0 Å². The highest BCUT2D eigenvalue weighted by Gasteiger charge is 2.77. The smallest absolute Gasteiger partial charge is 0.258 e. The number of ether oxygens (including phenoxy) is 1. The van der Waals surface area contributed by atoms with Crippen LogP contribution < -0.4 is 9.64 Å². The van der Waals surface area contributed by atoms with E-state index in [0.717, 1.165) is 4.90 Å². The largest absolute Gasteiger partial charge is 0.503 e. The van der Waals surface area contributed by atoms with Gasteiger partial charge in [0.2, 0.25) is 17.6 Å². The number of aromatic hydroxyl groups is 1. The van der Waals surface area contributed by atoms with Crippen LogP contribution in [0.3, 0.4) is 0 Å². The minimum Gasteiger partial charge on any atom is -0.503 e. The molecule has 262 valence electrons. The van der Waals surface area contributed by atoms with E-state index in [-0.39, 0.29) is 43.7 Å². The number of methoxy groups -OCH3 is 1. The first-order valence-corrected chi connectivity index (χ1v) is 17.9. The van der Waals surface area contributed by atoms with Gasteiger partial charge in [-0.3, -0.25) is 24.1 Å². The van der Waals surface area contributed by atoms with Gasteiger partial charge in [-0.15, -0.1) is 34.5 Å². The molecule has 0 unspecified atom stereocenters. The molecule has 18 heteroatoms. The van der Waals surface area contributed by atoms with E-state index in [1.807, 2.05) is 0 Å². The number of hydrogen-bond donors (Lipinski definition) is 1. The zero-order valence-electron chi connectivity index (χ0n) is 25.0. The van der Waals surface area contributed by atoms with Gasteiger partial charge in [-0.2, -0.15) is 0 Å². The first kappa shape index (κ1) is 35.4. The molecule has 0 spiro atoms. The van der Waals surface area contributed by atoms with E-state index in [4.69, 9.17) is 27.9 Å². The van der Waals surface area contributed by atoms with Crippen molar-refractivity contribution in [2.75, 3.05) is 12.0 Å². The number of phenolic OH excluding ortho intramolecular Hbond substituents is 1. The molecule has 3 fully saturated rings. The quantitative estimate of drug-likeness (QED) is 0.0714. The van der Waals surface area contributed by atoms with Crippen LogP contribution in [0.25, 0.3) is 0 Å². The van der Waals surface area contributed by atoms with Gasteiger partial charge < -0.3 is 9.84 Å². The molecule has 2 saturated heterocycles. The van der Waals surface area contributed by atoms with Gasteiger partial charge in [0.1, 0.15) is 5.69 Å². The highest BCUT2D eigenvalue weighted by Crippen LogP contribution is 2.67. The van der Waals surface area contributed by atoms with Crippen LogP contribution in [0.1, 0.15) is 29.2 Å². The standard InChI is InChI=1S/C32H19Br2Cl2F5N2O6S/c1-49-15-7-13(18(33)19(34)26(15)44)17-11-4-5-12-16(28(46)42(27(12)45)9-10-3-2-6-50-10)14(11)8-31(35)29(47)43(30(48)32(17,31)36)25-23(40)21(38)20(37)22(39)24(25)41/h2-4,6-7,12,14,16-17,44H,5,8-9H2,1H3/t12-,14+,16-,17+,31+,32-/m0/s1. The number of likely N-dealkylation sites (tertiary alicyclic amines) is 1. The number of rotatable bonds is 5. The lowest BCUT2D eigenvalue weighted by atomic mass is 9.56. The number of carbonyl (C=O) groups is 4. The molecule has 0 radical (unpaired) electrons. The summed E-state index contributed by atoms with van der Waals surface area (Å²) in [5.74, 6) is -21.9. The Kier molecular flexibility index (Phi) is 8.49. The van der Waals surface area contributed by atoms with E-state index in [1.54, 1.807) is 23.6 Å². The first-order chi connectivity index (χ1) is 23.5. The monoisotopic (exact) mass is 882 g/mol. The summed E-state index contributed by atoms with van der Waals surface area (Å²) in [6.45, 7) is -0.0294. The molecule has 4 amide bonds. The number of amides is 4. The van der Waals surface area contributed by atoms with Crippen LogP contribution >= 0.6 is 66.4 Å². The third-order valence-electron chi connectivity index (χ3n) is 9.91. The molecule has 4 aliphatic rings. The predicted molar refractivity (Wildman–Crippen MR) is 176 cm³/mol. The van der Waals surface area contributed by atoms with Gasteiger partial charge in [0.15, 0.2) is 44.5 Å². The minimum atomic E-state index is -2.74. The van der Waals surface area contributed by atoms with Crippen molar-refractivity contribution in [3.8, 4) is 11.5 Å². The molecule has 3 heterocycles. The Bertz CT molecular complexity index is 2080. The Balaban J connectivity index is 1.46. The molecule has 2 aliphatic carbocycles. The summed E-state index contributed by atoms with van der Waals surface area (Å²) in [5.41, 5.74) is -1.59. The number of carbonyl (C=O) groups excluding carboxylic acids is 4. The van der Waals surface area contributed by atoms with Crippen molar-refractivity contribution in [2.24, 2.45) is 17.8 Å².